The second-order valence-electron chi connectivity index (χ2n) is 6.33. The largest absolute Gasteiger partial charge is 0.451 e. The van der Waals surface area contributed by atoms with Gasteiger partial charge in [0, 0.05) is 5.56 Å². The third-order valence-corrected chi connectivity index (χ3v) is 4.44. The van der Waals surface area contributed by atoms with Crippen molar-refractivity contribution < 1.29 is 14.6 Å². The molecule has 5 heteroatoms. The third kappa shape index (κ3) is 4.14. The van der Waals surface area contributed by atoms with Gasteiger partial charge in [0.25, 0.3) is 0 Å². The second kappa shape index (κ2) is 7.61. The van der Waals surface area contributed by atoms with Crippen LogP contribution in [0.4, 0.5) is 0 Å². The van der Waals surface area contributed by atoms with Crippen molar-refractivity contribution in [3.8, 4) is 22.4 Å². The molecule has 0 aliphatic heterocycles. The molecule has 0 saturated heterocycles. The first-order valence-corrected chi connectivity index (χ1v) is 8.22. The molecule has 5 nitrogen and oxygen atoms in total. The van der Waals surface area contributed by atoms with Crippen LogP contribution < -0.4 is 5.73 Å². The van der Waals surface area contributed by atoms with Crippen LogP contribution in [0, 0.1) is 0 Å². The Hall–Kier alpha value is -2.47. The number of aromatic nitrogens is 1. The van der Waals surface area contributed by atoms with Crippen molar-refractivity contribution in [1.29, 1.82) is 0 Å². The van der Waals surface area contributed by atoms with E-state index in [1.54, 1.807) is 6.26 Å². The second-order valence-corrected chi connectivity index (χ2v) is 6.33. The number of benzene rings is 2. The number of hydrogen-bond acceptors (Lipinski definition) is 5. The van der Waals surface area contributed by atoms with E-state index in [1.807, 2.05) is 12.1 Å². The first-order chi connectivity index (χ1) is 12.1. The number of hydrogen-bond donors (Lipinski definition) is 3. The summed E-state index contributed by atoms with van der Waals surface area (Å²) >= 11 is 0. The van der Waals surface area contributed by atoms with Crippen molar-refractivity contribution in [2.45, 2.75) is 18.4 Å². The Labute approximate surface area is 146 Å². The Bertz CT molecular complexity index is 777. The van der Waals surface area contributed by atoms with Crippen molar-refractivity contribution in [2.75, 3.05) is 13.2 Å². The van der Waals surface area contributed by atoms with E-state index in [-0.39, 0.29) is 13.2 Å². The summed E-state index contributed by atoms with van der Waals surface area (Å²) in [5.74, 6) is 0. The Morgan fingerprint density at radius 3 is 1.96 bits per heavy atom. The van der Waals surface area contributed by atoms with Gasteiger partial charge in [-0.05, 0) is 29.5 Å². The number of rotatable bonds is 7. The van der Waals surface area contributed by atoms with Crippen LogP contribution in [0.3, 0.4) is 0 Å². The molecule has 25 heavy (non-hydrogen) atoms. The van der Waals surface area contributed by atoms with E-state index in [4.69, 9.17) is 10.2 Å². The van der Waals surface area contributed by atoms with E-state index in [0.717, 1.165) is 27.9 Å². The molecule has 1 heterocycles. The van der Waals surface area contributed by atoms with Crippen LogP contribution in [0.5, 0.6) is 0 Å². The predicted octanol–water partition coefficient (Wildman–Crippen LogP) is 2.62. The lowest BCUT2D eigenvalue weighted by atomic mass is 9.93. The first-order valence-electron chi connectivity index (χ1n) is 8.22. The summed E-state index contributed by atoms with van der Waals surface area (Å²) in [6.07, 6.45) is 4.29. The molecule has 0 unspecified atom stereocenters. The fraction of sp³-hybridized carbons (Fsp3) is 0.250. The van der Waals surface area contributed by atoms with E-state index in [0.29, 0.717) is 12.8 Å². The van der Waals surface area contributed by atoms with Gasteiger partial charge in [0.15, 0.2) is 6.39 Å². The van der Waals surface area contributed by atoms with Crippen LogP contribution in [0.25, 0.3) is 22.4 Å². The van der Waals surface area contributed by atoms with Gasteiger partial charge in [-0.3, -0.25) is 0 Å². The summed E-state index contributed by atoms with van der Waals surface area (Å²) in [4.78, 5) is 4.14. The molecule has 0 atom stereocenters. The molecule has 3 rings (SSSR count). The van der Waals surface area contributed by atoms with Gasteiger partial charge in [0.2, 0.25) is 0 Å². The predicted molar refractivity (Wildman–Crippen MR) is 96.8 cm³/mol. The summed E-state index contributed by atoms with van der Waals surface area (Å²) in [6, 6.07) is 16.4. The molecule has 2 aromatic carbocycles. The van der Waals surface area contributed by atoms with E-state index >= 15 is 0 Å². The molecule has 4 N–H and O–H groups in total. The highest BCUT2D eigenvalue weighted by Crippen LogP contribution is 2.24. The highest BCUT2D eigenvalue weighted by Gasteiger charge is 2.22. The van der Waals surface area contributed by atoms with Gasteiger partial charge < -0.3 is 20.4 Å². The number of aliphatic hydroxyl groups is 2. The molecule has 0 amide bonds. The zero-order valence-electron chi connectivity index (χ0n) is 13.9. The molecule has 0 radical (unpaired) electrons. The highest BCUT2D eigenvalue weighted by atomic mass is 16.3. The van der Waals surface area contributed by atoms with Crippen LogP contribution in [0.15, 0.2) is 65.6 Å². The molecular weight excluding hydrogens is 316 g/mol. The van der Waals surface area contributed by atoms with E-state index in [2.05, 4.69) is 41.4 Å². The van der Waals surface area contributed by atoms with Gasteiger partial charge in [-0.1, -0.05) is 48.5 Å². The number of aliphatic hydroxyl groups excluding tert-OH is 2. The molecular formula is C20H22N2O3. The zero-order chi connectivity index (χ0) is 17.7. The molecule has 3 aromatic rings. The standard InChI is InChI=1S/C20H22N2O3/c21-20(12-23,13-24)10-9-15-1-3-16(4-2-15)17-5-7-18(8-6-17)19-11-25-14-22-19/h1-8,11,14,23-24H,9-10,12-13,21H2. The van der Waals surface area contributed by atoms with Crippen molar-refractivity contribution in [1.82, 2.24) is 4.98 Å². The molecule has 130 valence electrons. The van der Waals surface area contributed by atoms with E-state index in [1.165, 1.54) is 6.39 Å². The van der Waals surface area contributed by atoms with Gasteiger partial charge in [-0.15, -0.1) is 0 Å². The maximum Gasteiger partial charge on any atom is 0.181 e. The van der Waals surface area contributed by atoms with Gasteiger partial charge in [0.1, 0.15) is 12.0 Å². The van der Waals surface area contributed by atoms with Crippen molar-refractivity contribution in [3.05, 3.63) is 66.8 Å². The normalized spacial score (nSPS) is 11.6. The quantitative estimate of drug-likeness (QED) is 0.616. The summed E-state index contributed by atoms with van der Waals surface area (Å²) in [5.41, 5.74) is 10.2. The molecule has 0 saturated carbocycles. The number of nitrogens with zero attached hydrogens (tertiary/aromatic N) is 1. The van der Waals surface area contributed by atoms with Crippen LogP contribution >= 0.6 is 0 Å². The van der Waals surface area contributed by atoms with Crippen LogP contribution in [0.2, 0.25) is 0 Å². The lowest BCUT2D eigenvalue weighted by molar-refractivity contribution is 0.115. The van der Waals surface area contributed by atoms with Crippen LogP contribution in [-0.4, -0.2) is 33.9 Å². The summed E-state index contributed by atoms with van der Waals surface area (Å²) in [5, 5.41) is 18.5. The maximum absolute atomic E-state index is 9.25. The van der Waals surface area contributed by atoms with Crippen LogP contribution in [0.1, 0.15) is 12.0 Å². The van der Waals surface area contributed by atoms with Gasteiger partial charge >= 0.3 is 0 Å². The average Bonchev–Trinajstić information content (AvgIpc) is 3.21. The van der Waals surface area contributed by atoms with Gasteiger partial charge in [-0.2, -0.15) is 0 Å². The third-order valence-electron chi connectivity index (χ3n) is 4.44. The molecule has 1 aromatic heterocycles. The minimum Gasteiger partial charge on any atom is -0.451 e. The van der Waals surface area contributed by atoms with Crippen LogP contribution in [-0.2, 0) is 6.42 Å². The SMILES string of the molecule is NC(CO)(CO)CCc1ccc(-c2ccc(-c3cocn3)cc2)cc1. The lowest BCUT2D eigenvalue weighted by Crippen LogP contribution is -2.47. The number of aryl methyl sites for hydroxylation is 1. The van der Waals surface area contributed by atoms with Crippen molar-refractivity contribution in [3.63, 3.8) is 0 Å². The van der Waals surface area contributed by atoms with Gasteiger partial charge in [0.05, 0.1) is 18.8 Å². The molecule has 0 bridgehead atoms. The Morgan fingerprint density at radius 2 is 1.44 bits per heavy atom. The highest BCUT2D eigenvalue weighted by molar-refractivity contribution is 5.68. The van der Waals surface area contributed by atoms with Crippen molar-refractivity contribution in [2.24, 2.45) is 5.73 Å². The fourth-order valence-electron chi connectivity index (χ4n) is 2.65. The Morgan fingerprint density at radius 1 is 0.880 bits per heavy atom. The topological polar surface area (TPSA) is 92.5 Å². The van der Waals surface area contributed by atoms with Crippen molar-refractivity contribution >= 4 is 0 Å². The zero-order valence-corrected chi connectivity index (χ0v) is 13.9. The summed E-state index contributed by atoms with van der Waals surface area (Å²) in [6.45, 7) is -0.446. The summed E-state index contributed by atoms with van der Waals surface area (Å²) in [7, 11) is 0. The monoisotopic (exact) mass is 338 g/mol. The smallest absolute Gasteiger partial charge is 0.181 e. The molecule has 0 aliphatic carbocycles. The number of nitrogens with two attached hydrogens (primary N) is 1. The lowest BCUT2D eigenvalue weighted by Gasteiger charge is -2.24. The first kappa shape index (κ1) is 17.4. The Balaban J connectivity index is 1.68. The van der Waals surface area contributed by atoms with E-state index < -0.39 is 5.54 Å². The molecule has 0 fully saturated rings. The maximum atomic E-state index is 9.25. The minimum atomic E-state index is -0.921. The molecule has 0 spiro atoms. The summed E-state index contributed by atoms with van der Waals surface area (Å²) < 4.78 is 5.01. The average molecular weight is 338 g/mol. The molecule has 0 aliphatic rings. The van der Waals surface area contributed by atoms with E-state index in [9.17, 15) is 10.2 Å². The van der Waals surface area contributed by atoms with Gasteiger partial charge in [-0.25, -0.2) is 4.98 Å². The Kier molecular flexibility index (Phi) is 5.28. The number of oxazole rings is 1. The minimum absolute atomic E-state index is 0.223. The fourth-order valence-corrected chi connectivity index (χ4v) is 2.65.